The van der Waals surface area contributed by atoms with Crippen LogP contribution < -0.4 is 9.47 Å². The molecule has 0 amide bonds. The molecule has 2 N–H and O–H groups in total. The van der Waals surface area contributed by atoms with E-state index in [2.05, 4.69) is 0 Å². The second-order valence-corrected chi connectivity index (χ2v) is 6.55. The lowest BCUT2D eigenvalue weighted by Crippen LogP contribution is -2.12. The van der Waals surface area contributed by atoms with Crippen molar-refractivity contribution in [2.75, 3.05) is 13.2 Å². The summed E-state index contributed by atoms with van der Waals surface area (Å²) < 4.78 is 10.2. The summed E-state index contributed by atoms with van der Waals surface area (Å²) in [5.41, 5.74) is 1.45. The molecular formula is C19H16Cl2O7. The maximum absolute atomic E-state index is 13.0. The predicted octanol–water partition coefficient (Wildman–Crippen LogP) is 3.77. The lowest BCUT2D eigenvalue weighted by molar-refractivity contribution is -0.140. The van der Waals surface area contributed by atoms with Crippen molar-refractivity contribution in [2.45, 2.75) is 13.8 Å². The molecule has 0 aromatic heterocycles. The number of hydrogen-bond acceptors (Lipinski definition) is 5. The average Bonchev–Trinajstić information content (AvgIpc) is 2.63. The maximum Gasteiger partial charge on any atom is 0.341 e. The Kier molecular flexibility index (Phi) is 6.88. The van der Waals surface area contributed by atoms with Crippen molar-refractivity contribution in [3.63, 3.8) is 0 Å². The van der Waals surface area contributed by atoms with E-state index in [-0.39, 0.29) is 27.3 Å². The Morgan fingerprint density at radius 2 is 1.14 bits per heavy atom. The minimum absolute atomic E-state index is 0.136. The molecule has 0 aliphatic carbocycles. The molecule has 0 aliphatic rings. The highest BCUT2D eigenvalue weighted by molar-refractivity contribution is 6.34. The Balaban J connectivity index is 2.35. The van der Waals surface area contributed by atoms with Gasteiger partial charge in [-0.05, 0) is 49.2 Å². The van der Waals surface area contributed by atoms with Crippen molar-refractivity contribution < 1.29 is 34.1 Å². The SMILES string of the molecule is Cc1c(C(=O)c2ccc(OCC(=O)O)c(Cl)c2C)ccc(OCC(=O)O)c1Cl. The first-order chi connectivity index (χ1) is 13.1. The number of aliphatic carboxylic acids is 2. The molecule has 0 spiro atoms. The fourth-order valence-electron chi connectivity index (χ4n) is 2.46. The molecule has 2 aromatic carbocycles. The first kappa shape index (κ1) is 21.5. The van der Waals surface area contributed by atoms with Crippen LogP contribution in [-0.2, 0) is 9.59 Å². The van der Waals surface area contributed by atoms with E-state index in [0.29, 0.717) is 22.3 Å². The number of carbonyl (C=O) groups is 3. The Morgan fingerprint density at radius 1 is 0.786 bits per heavy atom. The van der Waals surface area contributed by atoms with Crippen LogP contribution in [-0.4, -0.2) is 41.1 Å². The molecule has 28 heavy (non-hydrogen) atoms. The molecule has 0 unspecified atom stereocenters. The van der Waals surface area contributed by atoms with Gasteiger partial charge in [-0.25, -0.2) is 9.59 Å². The predicted molar refractivity (Wildman–Crippen MR) is 102 cm³/mol. The van der Waals surface area contributed by atoms with Gasteiger partial charge in [0.2, 0.25) is 0 Å². The van der Waals surface area contributed by atoms with Crippen LogP contribution in [0.5, 0.6) is 11.5 Å². The monoisotopic (exact) mass is 426 g/mol. The summed E-state index contributed by atoms with van der Waals surface area (Å²) in [6.45, 7) is 2.12. The van der Waals surface area contributed by atoms with Crippen LogP contribution in [0.2, 0.25) is 10.0 Å². The molecule has 148 valence electrons. The fourth-order valence-corrected chi connectivity index (χ4v) is 2.90. The maximum atomic E-state index is 13.0. The highest BCUT2D eigenvalue weighted by Gasteiger charge is 2.21. The molecular weight excluding hydrogens is 411 g/mol. The van der Waals surface area contributed by atoms with Crippen LogP contribution in [0.4, 0.5) is 0 Å². The van der Waals surface area contributed by atoms with Gasteiger partial charge in [0.05, 0.1) is 10.0 Å². The molecule has 2 aromatic rings. The van der Waals surface area contributed by atoms with Crippen LogP contribution in [0, 0.1) is 13.8 Å². The molecule has 9 heteroatoms. The van der Waals surface area contributed by atoms with Gasteiger partial charge in [-0.15, -0.1) is 0 Å². The van der Waals surface area contributed by atoms with E-state index in [1.165, 1.54) is 24.3 Å². The number of rotatable bonds is 8. The standard InChI is InChI=1S/C19H16Cl2O7/c1-9-11(3-5-13(17(9)20)27-7-15(22)23)19(26)12-4-6-14(18(21)10(12)2)28-8-16(24)25/h3-6H,7-8H2,1-2H3,(H,22,23)(H,24,25). The molecule has 0 fully saturated rings. The number of hydrogen-bond donors (Lipinski definition) is 2. The molecule has 0 heterocycles. The van der Waals surface area contributed by atoms with Gasteiger partial charge >= 0.3 is 11.9 Å². The Labute approximate surface area is 170 Å². The lowest BCUT2D eigenvalue weighted by Gasteiger charge is -2.14. The fraction of sp³-hybridized carbons (Fsp3) is 0.211. The quantitative estimate of drug-likeness (QED) is 0.617. The van der Waals surface area contributed by atoms with Crippen molar-refractivity contribution in [3.05, 3.63) is 56.6 Å². The highest BCUT2D eigenvalue weighted by atomic mass is 35.5. The lowest BCUT2D eigenvalue weighted by atomic mass is 9.95. The number of carboxylic acid groups (broad SMARTS) is 2. The van der Waals surface area contributed by atoms with Gasteiger partial charge in [0.25, 0.3) is 0 Å². The smallest absolute Gasteiger partial charge is 0.341 e. The second kappa shape index (κ2) is 8.95. The molecule has 0 bridgehead atoms. The normalized spacial score (nSPS) is 10.4. The van der Waals surface area contributed by atoms with Gasteiger partial charge < -0.3 is 19.7 Å². The van der Waals surface area contributed by atoms with Gasteiger partial charge in [-0.3, -0.25) is 4.79 Å². The number of halogens is 2. The summed E-state index contributed by atoms with van der Waals surface area (Å²) in [5.74, 6) is -2.34. The second-order valence-electron chi connectivity index (χ2n) is 5.79. The summed E-state index contributed by atoms with van der Waals surface area (Å²) in [6.07, 6.45) is 0. The number of carbonyl (C=O) groups excluding carboxylic acids is 1. The highest BCUT2D eigenvalue weighted by Crippen LogP contribution is 2.34. The van der Waals surface area contributed by atoms with E-state index in [9.17, 15) is 14.4 Å². The first-order valence-electron chi connectivity index (χ1n) is 7.95. The Morgan fingerprint density at radius 3 is 1.46 bits per heavy atom. The first-order valence-corrected chi connectivity index (χ1v) is 8.71. The zero-order valence-electron chi connectivity index (χ0n) is 14.9. The number of ketones is 1. The zero-order valence-corrected chi connectivity index (χ0v) is 16.4. The van der Waals surface area contributed by atoms with Crippen molar-refractivity contribution in [1.82, 2.24) is 0 Å². The van der Waals surface area contributed by atoms with Crippen LogP contribution in [0.1, 0.15) is 27.0 Å². The third-order valence-electron chi connectivity index (χ3n) is 3.89. The van der Waals surface area contributed by atoms with E-state index >= 15 is 0 Å². The van der Waals surface area contributed by atoms with Gasteiger partial charge in [0.15, 0.2) is 19.0 Å². The number of benzene rings is 2. The van der Waals surface area contributed by atoms with Gasteiger partial charge in [-0.2, -0.15) is 0 Å². The molecule has 2 rings (SSSR count). The van der Waals surface area contributed by atoms with E-state index in [1.54, 1.807) is 13.8 Å². The average molecular weight is 427 g/mol. The largest absolute Gasteiger partial charge is 0.480 e. The van der Waals surface area contributed by atoms with Crippen molar-refractivity contribution in [2.24, 2.45) is 0 Å². The van der Waals surface area contributed by atoms with E-state index in [1.807, 2.05) is 0 Å². The van der Waals surface area contributed by atoms with E-state index in [0.717, 1.165) is 0 Å². The number of carboxylic acids is 2. The summed E-state index contributed by atoms with van der Waals surface area (Å²) in [6, 6.07) is 5.82. The van der Waals surface area contributed by atoms with Gasteiger partial charge in [0.1, 0.15) is 11.5 Å². The summed E-state index contributed by atoms with van der Waals surface area (Å²) in [4.78, 5) is 34.2. The molecule has 0 saturated heterocycles. The molecule has 0 radical (unpaired) electrons. The van der Waals surface area contributed by atoms with Crippen molar-refractivity contribution >= 4 is 40.9 Å². The summed E-state index contributed by atoms with van der Waals surface area (Å²) in [5, 5.41) is 17.7. The van der Waals surface area contributed by atoms with Crippen LogP contribution >= 0.6 is 23.2 Å². The van der Waals surface area contributed by atoms with Gasteiger partial charge in [0, 0.05) is 11.1 Å². The number of ether oxygens (including phenoxy) is 2. The molecule has 0 saturated carbocycles. The van der Waals surface area contributed by atoms with E-state index in [4.69, 9.17) is 42.9 Å². The zero-order chi connectivity index (χ0) is 21.0. The third kappa shape index (κ3) is 4.74. The summed E-state index contributed by atoms with van der Waals surface area (Å²) in [7, 11) is 0. The third-order valence-corrected chi connectivity index (χ3v) is 4.83. The van der Waals surface area contributed by atoms with Crippen LogP contribution in [0.25, 0.3) is 0 Å². The minimum atomic E-state index is -1.15. The Hall–Kier alpha value is -2.77. The van der Waals surface area contributed by atoms with Crippen molar-refractivity contribution in [1.29, 1.82) is 0 Å². The summed E-state index contributed by atoms with van der Waals surface area (Å²) >= 11 is 12.4. The van der Waals surface area contributed by atoms with Crippen LogP contribution in [0.3, 0.4) is 0 Å². The van der Waals surface area contributed by atoms with Crippen molar-refractivity contribution in [3.8, 4) is 11.5 Å². The molecule has 0 atom stereocenters. The molecule has 7 nitrogen and oxygen atoms in total. The topological polar surface area (TPSA) is 110 Å². The van der Waals surface area contributed by atoms with Crippen LogP contribution in [0.15, 0.2) is 24.3 Å². The van der Waals surface area contributed by atoms with E-state index < -0.39 is 25.2 Å². The molecule has 0 aliphatic heterocycles. The Bertz CT molecular complexity index is 878. The minimum Gasteiger partial charge on any atom is -0.480 e. The van der Waals surface area contributed by atoms with Gasteiger partial charge in [-0.1, -0.05) is 23.2 Å².